The molecule has 2 aliphatic rings. The monoisotopic (exact) mass is 291 g/mol. The van der Waals surface area contributed by atoms with Crippen LogP contribution in [-0.4, -0.2) is 51.1 Å². The fourth-order valence-electron chi connectivity index (χ4n) is 2.25. The Labute approximate surface area is 109 Å². The zero-order valence-electron chi connectivity index (χ0n) is 9.35. The van der Waals surface area contributed by atoms with Crippen LogP contribution in [0.15, 0.2) is 21.7 Å². The number of nitrogens with one attached hydrogen (secondary N) is 1. The second kappa shape index (κ2) is 4.55. The number of fused-ring (bicyclic) bond motifs is 1. The molecule has 2 fully saturated rings. The van der Waals surface area contributed by atoms with Crippen LogP contribution in [0.3, 0.4) is 0 Å². The first-order valence-electron chi connectivity index (χ1n) is 5.55. The molecule has 3 rings (SSSR count). The maximum atomic E-state index is 12.0. The summed E-state index contributed by atoms with van der Waals surface area (Å²) >= 11 is 1.16. The third-order valence-corrected chi connectivity index (χ3v) is 5.98. The van der Waals surface area contributed by atoms with E-state index in [2.05, 4.69) is 4.72 Å². The van der Waals surface area contributed by atoms with Gasteiger partial charge in [-0.3, -0.25) is 0 Å². The van der Waals surface area contributed by atoms with Crippen molar-refractivity contribution in [1.29, 1.82) is 0 Å². The second-order valence-electron chi connectivity index (χ2n) is 4.32. The van der Waals surface area contributed by atoms with Gasteiger partial charge in [0.2, 0.25) is 10.0 Å². The number of rotatable bonds is 3. The van der Waals surface area contributed by atoms with Gasteiger partial charge < -0.3 is 14.6 Å². The third-order valence-electron chi connectivity index (χ3n) is 3.09. The zero-order valence-corrected chi connectivity index (χ0v) is 11.0. The normalized spacial score (nSPS) is 35.8. The fourth-order valence-corrected chi connectivity index (χ4v) is 4.49. The Hall–Kier alpha value is -0.510. The van der Waals surface area contributed by atoms with E-state index >= 15 is 0 Å². The average Bonchev–Trinajstić information content (AvgIpc) is 3.00. The van der Waals surface area contributed by atoms with E-state index in [1.165, 1.54) is 0 Å². The molecule has 0 bridgehead atoms. The van der Waals surface area contributed by atoms with Gasteiger partial charge in [-0.25, -0.2) is 13.1 Å². The summed E-state index contributed by atoms with van der Waals surface area (Å²) in [6.45, 7) is 0.406. The molecule has 100 valence electrons. The van der Waals surface area contributed by atoms with Crippen LogP contribution in [-0.2, 0) is 19.5 Å². The molecule has 2 N–H and O–H groups in total. The molecule has 0 aromatic carbocycles. The number of aliphatic hydroxyl groups excluding tert-OH is 1. The van der Waals surface area contributed by atoms with Gasteiger partial charge in [-0.1, -0.05) is 6.07 Å². The summed E-state index contributed by atoms with van der Waals surface area (Å²) in [4.78, 5) is 0. The molecule has 6 nitrogen and oxygen atoms in total. The van der Waals surface area contributed by atoms with Gasteiger partial charge in [0.05, 0.1) is 19.3 Å². The van der Waals surface area contributed by atoms with Crippen molar-refractivity contribution in [3.05, 3.63) is 17.5 Å². The highest BCUT2D eigenvalue weighted by atomic mass is 32.2. The van der Waals surface area contributed by atoms with Crippen molar-refractivity contribution in [3.8, 4) is 0 Å². The minimum Gasteiger partial charge on any atom is -0.388 e. The molecule has 1 aromatic heterocycles. The van der Waals surface area contributed by atoms with Crippen molar-refractivity contribution >= 4 is 21.4 Å². The highest BCUT2D eigenvalue weighted by Gasteiger charge is 2.48. The topological polar surface area (TPSA) is 84.9 Å². The average molecular weight is 291 g/mol. The van der Waals surface area contributed by atoms with Crippen LogP contribution >= 0.6 is 11.3 Å². The predicted molar refractivity (Wildman–Crippen MR) is 63.9 cm³/mol. The second-order valence-corrected chi connectivity index (χ2v) is 7.21. The van der Waals surface area contributed by atoms with E-state index in [1.54, 1.807) is 17.5 Å². The Kier molecular flexibility index (Phi) is 3.16. The number of hydrogen-bond acceptors (Lipinski definition) is 6. The van der Waals surface area contributed by atoms with Crippen LogP contribution in [0.5, 0.6) is 0 Å². The quantitative estimate of drug-likeness (QED) is 0.788. The van der Waals surface area contributed by atoms with E-state index < -0.39 is 34.4 Å². The lowest BCUT2D eigenvalue weighted by molar-refractivity contribution is 0.0181. The van der Waals surface area contributed by atoms with Crippen molar-refractivity contribution in [3.63, 3.8) is 0 Å². The van der Waals surface area contributed by atoms with Gasteiger partial charge in [0.25, 0.3) is 0 Å². The number of sulfonamides is 1. The Morgan fingerprint density at radius 2 is 2.11 bits per heavy atom. The van der Waals surface area contributed by atoms with E-state index in [-0.39, 0.29) is 17.4 Å². The largest absolute Gasteiger partial charge is 0.388 e. The Morgan fingerprint density at radius 1 is 1.33 bits per heavy atom. The van der Waals surface area contributed by atoms with Crippen LogP contribution in [0.1, 0.15) is 0 Å². The van der Waals surface area contributed by atoms with Crippen LogP contribution < -0.4 is 4.72 Å². The first-order valence-corrected chi connectivity index (χ1v) is 7.91. The molecule has 2 aliphatic heterocycles. The van der Waals surface area contributed by atoms with Gasteiger partial charge in [0.1, 0.15) is 22.5 Å². The highest BCUT2D eigenvalue weighted by Crippen LogP contribution is 2.28. The molecule has 0 radical (unpaired) electrons. The molecule has 18 heavy (non-hydrogen) atoms. The summed E-state index contributed by atoms with van der Waals surface area (Å²) in [5, 5.41) is 11.3. The fraction of sp³-hybridized carbons (Fsp3) is 0.600. The van der Waals surface area contributed by atoms with Crippen molar-refractivity contribution in [2.45, 2.75) is 28.6 Å². The molecule has 1 aromatic rings. The van der Waals surface area contributed by atoms with Gasteiger partial charge in [0, 0.05) is 0 Å². The molecule has 3 heterocycles. The molecule has 4 atom stereocenters. The molecule has 8 heteroatoms. The first kappa shape index (κ1) is 12.5. The highest BCUT2D eigenvalue weighted by molar-refractivity contribution is 7.91. The summed E-state index contributed by atoms with van der Waals surface area (Å²) in [5.41, 5.74) is 0. The van der Waals surface area contributed by atoms with E-state index in [0.717, 1.165) is 11.3 Å². The van der Waals surface area contributed by atoms with Gasteiger partial charge in [0.15, 0.2) is 0 Å². The smallest absolute Gasteiger partial charge is 0.250 e. The molecular weight excluding hydrogens is 278 g/mol. The standard InChI is InChI=1S/C10H13NO5S2/c12-7-5-16-9-6(4-15-10(7)9)11-18(13,14)8-2-1-3-17-8/h1-3,6-7,9-12H,4-5H2. The number of ether oxygens (including phenoxy) is 2. The Bertz CT molecular complexity index is 514. The minimum absolute atomic E-state index is 0.187. The molecule has 2 saturated heterocycles. The van der Waals surface area contributed by atoms with Crippen LogP contribution in [0.25, 0.3) is 0 Å². The molecule has 0 amide bonds. The number of thiophene rings is 1. The first-order chi connectivity index (χ1) is 8.58. The SMILES string of the molecule is O=S(=O)(NC1COC2C(O)COC12)c1cccs1. The van der Waals surface area contributed by atoms with E-state index in [4.69, 9.17) is 9.47 Å². The summed E-state index contributed by atoms with van der Waals surface area (Å²) in [6.07, 6.45) is -1.51. The van der Waals surface area contributed by atoms with Gasteiger partial charge in [-0.2, -0.15) is 0 Å². The minimum atomic E-state index is -3.53. The van der Waals surface area contributed by atoms with Crippen molar-refractivity contribution in [2.24, 2.45) is 0 Å². The maximum absolute atomic E-state index is 12.0. The van der Waals surface area contributed by atoms with E-state index in [9.17, 15) is 13.5 Å². The lowest BCUT2D eigenvalue weighted by Gasteiger charge is -2.16. The number of hydrogen-bond donors (Lipinski definition) is 2. The molecular formula is C10H13NO5S2. The van der Waals surface area contributed by atoms with Gasteiger partial charge >= 0.3 is 0 Å². The molecule has 0 spiro atoms. The van der Waals surface area contributed by atoms with Crippen molar-refractivity contribution in [2.75, 3.05) is 13.2 Å². The van der Waals surface area contributed by atoms with Crippen LogP contribution in [0, 0.1) is 0 Å². The number of aliphatic hydroxyl groups is 1. The summed E-state index contributed by atoms with van der Waals surface area (Å²) in [6, 6.07) is 2.78. The lowest BCUT2D eigenvalue weighted by atomic mass is 10.1. The summed E-state index contributed by atoms with van der Waals surface area (Å²) in [7, 11) is -3.53. The van der Waals surface area contributed by atoms with Crippen molar-refractivity contribution < 1.29 is 23.0 Å². The van der Waals surface area contributed by atoms with Gasteiger partial charge in [-0.05, 0) is 11.4 Å². The molecule has 0 saturated carbocycles. The molecule has 0 aliphatic carbocycles. The van der Waals surface area contributed by atoms with Gasteiger partial charge in [-0.15, -0.1) is 11.3 Å². The maximum Gasteiger partial charge on any atom is 0.250 e. The Morgan fingerprint density at radius 3 is 2.83 bits per heavy atom. The van der Waals surface area contributed by atoms with Crippen LogP contribution in [0.2, 0.25) is 0 Å². The van der Waals surface area contributed by atoms with E-state index in [1.807, 2.05) is 0 Å². The zero-order chi connectivity index (χ0) is 12.8. The molecule has 4 unspecified atom stereocenters. The third kappa shape index (κ3) is 2.09. The predicted octanol–water partition coefficient (Wildman–Crippen LogP) is -0.446. The van der Waals surface area contributed by atoms with E-state index in [0.29, 0.717) is 0 Å². The lowest BCUT2D eigenvalue weighted by Crippen LogP contribution is -2.43. The summed E-state index contributed by atoms with van der Waals surface area (Å²) < 4.78 is 37.7. The summed E-state index contributed by atoms with van der Waals surface area (Å²) in [5.74, 6) is 0. The van der Waals surface area contributed by atoms with Crippen LogP contribution in [0.4, 0.5) is 0 Å². The van der Waals surface area contributed by atoms with Crippen molar-refractivity contribution in [1.82, 2.24) is 4.72 Å². The Balaban J connectivity index is 1.75.